The molecule has 2 amide bonds. The Hall–Kier alpha value is -2.91. The predicted molar refractivity (Wildman–Crippen MR) is 144 cm³/mol. The molecule has 0 aliphatic carbocycles. The van der Waals surface area contributed by atoms with Gasteiger partial charge in [-0.1, -0.05) is 31.0 Å². The summed E-state index contributed by atoms with van der Waals surface area (Å²) in [6, 6.07) is 15.6. The first-order valence-corrected chi connectivity index (χ1v) is 15.1. The van der Waals surface area contributed by atoms with E-state index in [-0.39, 0.29) is 17.9 Å². The van der Waals surface area contributed by atoms with Crippen molar-refractivity contribution in [1.82, 2.24) is 9.62 Å². The minimum atomic E-state index is -3.11. The number of nitrogens with zero attached hydrogens (tertiary/aromatic N) is 2. The molecular formula is C28H37N3O5S. The molecule has 0 spiro atoms. The van der Waals surface area contributed by atoms with Crippen molar-refractivity contribution in [3.63, 3.8) is 0 Å². The van der Waals surface area contributed by atoms with E-state index in [1.165, 1.54) is 11.8 Å². The normalized spacial score (nSPS) is 16.5. The van der Waals surface area contributed by atoms with E-state index in [1.807, 2.05) is 52.3 Å². The van der Waals surface area contributed by atoms with Gasteiger partial charge in [0.15, 0.2) is 0 Å². The SMILES string of the molecule is CS(=O)(=O)NCCCCCCOc1ccc(C(=O)N2CCC(N3C(=O)CCc4ccccc43)CC2)cc1. The third-order valence-electron chi connectivity index (χ3n) is 7.05. The Morgan fingerprint density at radius 1 is 0.973 bits per heavy atom. The lowest BCUT2D eigenvalue weighted by molar-refractivity contribution is -0.119. The topological polar surface area (TPSA) is 96.0 Å². The fraction of sp³-hybridized carbons (Fsp3) is 0.500. The summed E-state index contributed by atoms with van der Waals surface area (Å²) in [6.07, 6.45) is 7.67. The van der Waals surface area contributed by atoms with Crippen molar-refractivity contribution in [2.24, 2.45) is 0 Å². The number of amides is 2. The van der Waals surface area contributed by atoms with E-state index in [9.17, 15) is 18.0 Å². The molecule has 37 heavy (non-hydrogen) atoms. The van der Waals surface area contributed by atoms with E-state index in [4.69, 9.17) is 4.74 Å². The number of nitrogens with one attached hydrogen (secondary N) is 1. The van der Waals surface area contributed by atoms with Gasteiger partial charge >= 0.3 is 0 Å². The Morgan fingerprint density at radius 2 is 1.68 bits per heavy atom. The zero-order valence-corrected chi connectivity index (χ0v) is 22.3. The molecule has 200 valence electrons. The number of piperidine rings is 1. The molecule has 1 fully saturated rings. The number of sulfonamides is 1. The second-order valence-corrected chi connectivity index (χ2v) is 11.7. The predicted octanol–water partition coefficient (Wildman–Crippen LogP) is 3.76. The van der Waals surface area contributed by atoms with Crippen molar-refractivity contribution >= 4 is 27.5 Å². The molecule has 8 nitrogen and oxygen atoms in total. The Morgan fingerprint density at radius 3 is 2.41 bits per heavy atom. The van der Waals surface area contributed by atoms with E-state index < -0.39 is 10.0 Å². The molecule has 2 aromatic carbocycles. The van der Waals surface area contributed by atoms with E-state index in [2.05, 4.69) is 10.8 Å². The summed E-state index contributed by atoms with van der Waals surface area (Å²) in [5.74, 6) is 0.928. The fourth-order valence-electron chi connectivity index (χ4n) is 5.09. The van der Waals surface area contributed by atoms with E-state index in [0.717, 1.165) is 56.4 Å². The molecule has 0 bridgehead atoms. The van der Waals surface area contributed by atoms with Crippen molar-refractivity contribution < 1.29 is 22.7 Å². The van der Waals surface area contributed by atoms with Crippen LogP contribution in [0, 0.1) is 0 Å². The van der Waals surface area contributed by atoms with Gasteiger partial charge in [0.2, 0.25) is 15.9 Å². The first-order valence-electron chi connectivity index (χ1n) is 13.2. The number of para-hydroxylation sites is 1. The van der Waals surface area contributed by atoms with Crippen LogP contribution in [0.5, 0.6) is 5.75 Å². The summed E-state index contributed by atoms with van der Waals surface area (Å²) < 4.78 is 30.4. The first-order chi connectivity index (χ1) is 17.8. The minimum Gasteiger partial charge on any atom is -0.494 e. The highest BCUT2D eigenvalue weighted by molar-refractivity contribution is 7.88. The quantitative estimate of drug-likeness (QED) is 0.449. The maximum absolute atomic E-state index is 13.1. The number of ether oxygens (including phenoxy) is 1. The molecule has 0 atom stereocenters. The van der Waals surface area contributed by atoms with Crippen LogP contribution in [0.2, 0.25) is 0 Å². The highest BCUT2D eigenvalue weighted by atomic mass is 32.2. The first kappa shape index (κ1) is 27.1. The molecule has 9 heteroatoms. The number of hydrogen-bond acceptors (Lipinski definition) is 5. The zero-order chi connectivity index (χ0) is 26.3. The highest BCUT2D eigenvalue weighted by Crippen LogP contribution is 2.32. The number of carbonyl (C=O) groups is 2. The molecule has 2 aliphatic heterocycles. The van der Waals surface area contributed by atoms with E-state index in [0.29, 0.717) is 38.2 Å². The van der Waals surface area contributed by atoms with Crippen molar-refractivity contribution in [2.45, 2.75) is 57.4 Å². The standard InChI is InChI=1S/C28H37N3O5S/c1-37(34,35)29-18-6-2-3-7-21-36-25-13-10-23(11-14-25)28(33)30-19-16-24(17-20-30)31-26-9-5-4-8-22(26)12-15-27(31)32/h4-5,8-11,13-14,24,29H,2-3,6-7,12,15-21H2,1H3. The summed E-state index contributed by atoms with van der Waals surface area (Å²) in [5.41, 5.74) is 2.90. The average molecular weight is 528 g/mol. The molecule has 1 saturated heterocycles. The molecule has 1 N–H and O–H groups in total. The van der Waals surface area contributed by atoms with Crippen LogP contribution < -0.4 is 14.4 Å². The Labute approximate surface area is 220 Å². The van der Waals surface area contributed by atoms with Gasteiger partial charge in [-0.05, 0) is 68.0 Å². The Bertz CT molecular complexity index is 1170. The van der Waals surface area contributed by atoms with Crippen LogP contribution in [0.25, 0.3) is 0 Å². The summed E-state index contributed by atoms with van der Waals surface area (Å²) in [4.78, 5) is 29.6. The number of rotatable bonds is 11. The molecule has 2 heterocycles. The third-order valence-corrected chi connectivity index (χ3v) is 7.78. The number of carbonyl (C=O) groups excluding carboxylic acids is 2. The van der Waals surface area contributed by atoms with Gasteiger partial charge in [0.25, 0.3) is 5.91 Å². The lowest BCUT2D eigenvalue weighted by Gasteiger charge is -2.41. The van der Waals surface area contributed by atoms with Crippen LogP contribution in [0.4, 0.5) is 5.69 Å². The highest BCUT2D eigenvalue weighted by Gasteiger charge is 2.33. The number of hydrogen-bond donors (Lipinski definition) is 1. The van der Waals surface area contributed by atoms with E-state index in [1.54, 1.807) is 0 Å². The van der Waals surface area contributed by atoms with Gasteiger partial charge in [-0.3, -0.25) is 9.59 Å². The largest absolute Gasteiger partial charge is 0.494 e. The van der Waals surface area contributed by atoms with Crippen LogP contribution in [0.3, 0.4) is 0 Å². The third kappa shape index (κ3) is 7.55. The van der Waals surface area contributed by atoms with Crippen molar-refractivity contribution in [2.75, 3.05) is 37.4 Å². The fourth-order valence-corrected chi connectivity index (χ4v) is 5.60. The molecule has 4 rings (SSSR count). The lowest BCUT2D eigenvalue weighted by Crippen LogP contribution is -2.50. The maximum atomic E-state index is 13.1. The number of anilines is 1. The molecule has 0 unspecified atom stereocenters. The van der Waals surface area contributed by atoms with Crippen LogP contribution >= 0.6 is 0 Å². The number of fused-ring (bicyclic) bond motifs is 1. The second kappa shape index (κ2) is 12.6. The van der Waals surface area contributed by atoms with Crippen LogP contribution in [0.1, 0.15) is 60.9 Å². The van der Waals surface area contributed by atoms with Gasteiger partial charge in [-0.2, -0.15) is 0 Å². The molecule has 0 saturated carbocycles. The summed E-state index contributed by atoms with van der Waals surface area (Å²) in [5, 5.41) is 0. The molecule has 2 aromatic rings. The maximum Gasteiger partial charge on any atom is 0.253 e. The minimum absolute atomic E-state index is 0.0121. The Kier molecular flexibility index (Phi) is 9.21. The monoisotopic (exact) mass is 527 g/mol. The van der Waals surface area contributed by atoms with Crippen LogP contribution in [-0.4, -0.2) is 63.7 Å². The van der Waals surface area contributed by atoms with Gasteiger partial charge in [-0.15, -0.1) is 0 Å². The Balaban J connectivity index is 1.19. The van der Waals surface area contributed by atoms with Gasteiger partial charge < -0.3 is 14.5 Å². The van der Waals surface area contributed by atoms with Gasteiger partial charge in [0.1, 0.15) is 5.75 Å². The van der Waals surface area contributed by atoms with Crippen LogP contribution in [0.15, 0.2) is 48.5 Å². The lowest BCUT2D eigenvalue weighted by atomic mass is 9.95. The van der Waals surface area contributed by atoms with Gasteiger partial charge in [0, 0.05) is 43.3 Å². The van der Waals surface area contributed by atoms with Crippen molar-refractivity contribution in [1.29, 1.82) is 0 Å². The van der Waals surface area contributed by atoms with Gasteiger partial charge in [-0.25, -0.2) is 13.1 Å². The number of benzene rings is 2. The van der Waals surface area contributed by atoms with Crippen LogP contribution in [-0.2, 0) is 21.2 Å². The average Bonchev–Trinajstić information content (AvgIpc) is 2.89. The van der Waals surface area contributed by atoms with E-state index >= 15 is 0 Å². The summed E-state index contributed by atoms with van der Waals surface area (Å²) >= 11 is 0. The molecule has 0 aromatic heterocycles. The van der Waals surface area contributed by atoms with Crippen molar-refractivity contribution in [3.05, 3.63) is 59.7 Å². The molecule has 0 radical (unpaired) electrons. The number of aryl methyl sites for hydroxylation is 1. The molecular weight excluding hydrogens is 490 g/mol. The van der Waals surface area contributed by atoms with Crippen molar-refractivity contribution in [3.8, 4) is 5.75 Å². The number of likely N-dealkylation sites (tertiary alicyclic amines) is 1. The summed E-state index contributed by atoms with van der Waals surface area (Å²) in [6.45, 7) is 2.32. The second-order valence-electron chi connectivity index (χ2n) is 9.87. The van der Waals surface area contributed by atoms with Gasteiger partial charge in [0.05, 0.1) is 12.9 Å². The smallest absolute Gasteiger partial charge is 0.253 e. The summed E-state index contributed by atoms with van der Waals surface area (Å²) in [7, 11) is -3.11. The number of unbranched alkanes of at least 4 members (excludes halogenated alkanes) is 3. The zero-order valence-electron chi connectivity index (χ0n) is 21.5. The molecule has 2 aliphatic rings.